The van der Waals surface area contributed by atoms with Gasteiger partial charge in [0, 0.05) is 13.2 Å². The van der Waals surface area contributed by atoms with Crippen molar-refractivity contribution in [2.45, 2.75) is 39.2 Å². The van der Waals surface area contributed by atoms with Crippen LogP contribution in [-0.2, 0) is 11.2 Å². The first-order chi connectivity index (χ1) is 8.22. The molecule has 0 heterocycles. The van der Waals surface area contributed by atoms with Gasteiger partial charge in [-0.05, 0) is 23.5 Å². The van der Waals surface area contributed by atoms with Gasteiger partial charge in [0.15, 0.2) is 0 Å². The zero-order valence-corrected chi connectivity index (χ0v) is 11.3. The molecule has 0 fully saturated rings. The third-order valence-corrected chi connectivity index (χ3v) is 3.52. The van der Waals surface area contributed by atoms with Crippen LogP contribution in [0.1, 0.15) is 43.9 Å². The van der Waals surface area contributed by atoms with E-state index in [0.29, 0.717) is 5.92 Å². The molecular formula is C15H25NO. The minimum absolute atomic E-state index is 0.168. The maximum absolute atomic E-state index is 6.29. The Bertz CT molecular complexity index is 303. The molecule has 1 aromatic carbocycles. The molecule has 0 saturated carbocycles. The molecule has 0 spiro atoms. The van der Waals surface area contributed by atoms with E-state index in [4.69, 9.17) is 10.5 Å². The molecule has 17 heavy (non-hydrogen) atoms. The Balaban J connectivity index is 2.66. The van der Waals surface area contributed by atoms with Crippen LogP contribution in [0.15, 0.2) is 24.3 Å². The van der Waals surface area contributed by atoms with E-state index in [1.54, 1.807) is 7.11 Å². The fourth-order valence-corrected chi connectivity index (χ4v) is 2.20. The van der Waals surface area contributed by atoms with Crippen molar-refractivity contribution in [1.29, 1.82) is 0 Å². The molecule has 2 nitrogen and oxygen atoms in total. The van der Waals surface area contributed by atoms with Gasteiger partial charge in [-0.15, -0.1) is 0 Å². The fraction of sp³-hybridized carbons (Fsp3) is 0.600. The third-order valence-electron chi connectivity index (χ3n) is 3.52. The summed E-state index contributed by atoms with van der Waals surface area (Å²) in [6.45, 7) is 5.19. The standard InChI is InChI=1S/C15H25NO/c1-4-13(5-2)15(16)14-8-6-12(7-9-14)10-11-17-3/h6-9,13,15H,4-5,10-11,16H2,1-3H3. The summed E-state index contributed by atoms with van der Waals surface area (Å²) in [5.74, 6) is 0.583. The van der Waals surface area contributed by atoms with Crippen molar-refractivity contribution in [3.05, 3.63) is 35.4 Å². The number of hydrogen-bond acceptors (Lipinski definition) is 2. The third kappa shape index (κ3) is 4.14. The first-order valence-electron chi connectivity index (χ1n) is 6.56. The number of rotatable bonds is 7. The van der Waals surface area contributed by atoms with Crippen molar-refractivity contribution < 1.29 is 4.74 Å². The molecule has 0 amide bonds. The largest absolute Gasteiger partial charge is 0.384 e. The van der Waals surface area contributed by atoms with Crippen LogP contribution in [0.25, 0.3) is 0 Å². The normalized spacial score (nSPS) is 13.0. The zero-order valence-electron chi connectivity index (χ0n) is 11.3. The summed E-state index contributed by atoms with van der Waals surface area (Å²) in [6, 6.07) is 8.82. The molecule has 0 aliphatic heterocycles. The van der Waals surface area contributed by atoms with E-state index in [9.17, 15) is 0 Å². The Morgan fingerprint density at radius 3 is 2.18 bits per heavy atom. The lowest BCUT2D eigenvalue weighted by Gasteiger charge is -2.21. The summed E-state index contributed by atoms with van der Waals surface area (Å²) >= 11 is 0. The lowest BCUT2D eigenvalue weighted by molar-refractivity contribution is 0.202. The molecule has 0 radical (unpaired) electrons. The Morgan fingerprint density at radius 2 is 1.71 bits per heavy atom. The SMILES string of the molecule is CCC(CC)C(N)c1ccc(CCOC)cc1. The summed E-state index contributed by atoms with van der Waals surface area (Å²) in [7, 11) is 1.73. The summed E-state index contributed by atoms with van der Waals surface area (Å²) in [4.78, 5) is 0. The number of hydrogen-bond donors (Lipinski definition) is 1. The minimum atomic E-state index is 0.168. The average Bonchev–Trinajstić information content (AvgIpc) is 2.38. The molecule has 1 unspecified atom stereocenters. The van der Waals surface area contributed by atoms with E-state index in [1.807, 2.05) is 0 Å². The van der Waals surface area contributed by atoms with Crippen LogP contribution in [-0.4, -0.2) is 13.7 Å². The summed E-state index contributed by atoms with van der Waals surface area (Å²) < 4.78 is 5.07. The van der Waals surface area contributed by atoms with Crippen LogP contribution < -0.4 is 5.73 Å². The topological polar surface area (TPSA) is 35.2 Å². The fourth-order valence-electron chi connectivity index (χ4n) is 2.20. The molecule has 1 aromatic rings. The van der Waals surface area contributed by atoms with Crippen LogP contribution in [0.4, 0.5) is 0 Å². The lowest BCUT2D eigenvalue weighted by Crippen LogP contribution is -2.20. The summed E-state index contributed by atoms with van der Waals surface area (Å²) in [6.07, 6.45) is 3.25. The van der Waals surface area contributed by atoms with E-state index in [2.05, 4.69) is 38.1 Å². The highest BCUT2D eigenvalue weighted by atomic mass is 16.5. The maximum Gasteiger partial charge on any atom is 0.0502 e. The highest BCUT2D eigenvalue weighted by Gasteiger charge is 2.15. The van der Waals surface area contributed by atoms with Gasteiger partial charge in [-0.3, -0.25) is 0 Å². The number of nitrogens with two attached hydrogens (primary N) is 1. The number of methoxy groups -OCH3 is 1. The quantitative estimate of drug-likeness (QED) is 0.787. The van der Waals surface area contributed by atoms with Crippen molar-refractivity contribution in [3.63, 3.8) is 0 Å². The Morgan fingerprint density at radius 1 is 1.12 bits per heavy atom. The molecule has 0 aromatic heterocycles. The van der Waals surface area contributed by atoms with Crippen LogP contribution in [0.5, 0.6) is 0 Å². The van der Waals surface area contributed by atoms with E-state index >= 15 is 0 Å². The lowest BCUT2D eigenvalue weighted by atomic mass is 9.89. The van der Waals surface area contributed by atoms with Crippen molar-refractivity contribution in [3.8, 4) is 0 Å². The molecule has 2 N–H and O–H groups in total. The number of benzene rings is 1. The molecule has 0 bridgehead atoms. The van der Waals surface area contributed by atoms with Crippen LogP contribution >= 0.6 is 0 Å². The smallest absolute Gasteiger partial charge is 0.0502 e. The maximum atomic E-state index is 6.29. The van der Waals surface area contributed by atoms with Gasteiger partial charge in [0.1, 0.15) is 0 Å². The van der Waals surface area contributed by atoms with Gasteiger partial charge in [0.2, 0.25) is 0 Å². The van der Waals surface area contributed by atoms with E-state index in [1.165, 1.54) is 11.1 Å². The summed E-state index contributed by atoms with van der Waals surface area (Å²) in [5, 5.41) is 0. The Kier molecular flexibility index (Phi) is 6.23. The van der Waals surface area contributed by atoms with Gasteiger partial charge in [0.05, 0.1) is 6.61 Å². The van der Waals surface area contributed by atoms with Crippen molar-refractivity contribution >= 4 is 0 Å². The first kappa shape index (κ1) is 14.2. The first-order valence-corrected chi connectivity index (χ1v) is 6.56. The molecule has 1 rings (SSSR count). The van der Waals surface area contributed by atoms with Gasteiger partial charge in [-0.2, -0.15) is 0 Å². The van der Waals surface area contributed by atoms with Crippen LogP contribution in [0.3, 0.4) is 0 Å². The predicted octanol–water partition coefficient (Wildman–Crippen LogP) is 3.31. The molecule has 0 saturated heterocycles. The molecule has 0 aliphatic rings. The highest BCUT2D eigenvalue weighted by Crippen LogP contribution is 2.25. The van der Waals surface area contributed by atoms with Gasteiger partial charge < -0.3 is 10.5 Å². The van der Waals surface area contributed by atoms with E-state index < -0.39 is 0 Å². The van der Waals surface area contributed by atoms with E-state index in [0.717, 1.165) is 25.9 Å². The van der Waals surface area contributed by atoms with Crippen LogP contribution in [0.2, 0.25) is 0 Å². The second-order valence-electron chi connectivity index (χ2n) is 4.59. The van der Waals surface area contributed by atoms with Crippen LogP contribution in [0, 0.1) is 5.92 Å². The van der Waals surface area contributed by atoms with Crippen molar-refractivity contribution in [2.75, 3.05) is 13.7 Å². The van der Waals surface area contributed by atoms with Crippen molar-refractivity contribution in [1.82, 2.24) is 0 Å². The molecule has 2 heteroatoms. The zero-order chi connectivity index (χ0) is 12.7. The Labute approximate surface area is 105 Å². The molecule has 96 valence electrons. The molecule has 0 aliphatic carbocycles. The molecule has 1 atom stereocenters. The van der Waals surface area contributed by atoms with Gasteiger partial charge in [-0.25, -0.2) is 0 Å². The monoisotopic (exact) mass is 235 g/mol. The second kappa shape index (κ2) is 7.46. The summed E-state index contributed by atoms with van der Waals surface area (Å²) in [5.41, 5.74) is 8.85. The van der Waals surface area contributed by atoms with E-state index in [-0.39, 0.29) is 6.04 Å². The molecular weight excluding hydrogens is 210 g/mol. The average molecular weight is 235 g/mol. The second-order valence-corrected chi connectivity index (χ2v) is 4.59. The Hall–Kier alpha value is -0.860. The minimum Gasteiger partial charge on any atom is -0.384 e. The van der Waals surface area contributed by atoms with Gasteiger partial charge in [-0.1, -0.05) is 51.0 Å². The number of ether oxygens (including phenoxy) is 1. The van der Waals surface area contributed by atoms with Crippen molar-refractivity contribution in [2.24, 2.45) is 11.7 Å². The predicted molar refractivity (Wildman–Crippen MR) is 73.0 cm³/mol. The van der Waals surface area contributed by atoms with Gasteiger partial charge >= 0.3 is 0 Å². The highest BCUT2D eigenvalue weighted by molar-refractivity contribution is 5.25. The van der Waals surface area contributed by atoms with Gasteiger partial charge in [0.25, 0.3) is 0 Å².